The maximum Gasteiger partial charge on any atom is 0.291 e. The van der Waals surface area contributed by atoms with Crippen molar-refractivity contribution in [2.45, 2.75) is 6.54 Å². The van der Waals surface area contributed by atoms with Crippen LogP contribution in [0.25, 0.3) is 0 Å². The highest BCUT2D eigenvalue weighted by atomic mass is 35.5. The van der Waals surface area contributed by atoms with Gasteiger partial charge in [0.25, 0.3) is 11.6 Å². The van der Waals surface area contributed by atoms with Crippen molar-refractivity contribution in [2.75, 3.05) is 11.5 Å². The maximum absolute atomic E-state index is 12.1. The number of carbonyl (C=O) groups is 1. The van der Waals surface area contributed by atoms with E-state index in [1.807, 2.05) is 30.3 Å². The molecule has 6 nitrogen and oxygen atoms in total. The zero-order chi connectivity index (χ0) is 15.7. The average molecular weight is 319 g/mol. The van der Waals surface area contributed by atoms with E-state index >= 15 is 0 Å². The van der Waals surface area contributed by atoms with E-state index in [2.05, 4.69) is 0 Å². The second-order valence-electron chi connectivity index (χ2n) is 4.78. The Kier molecular flexibility index (Phi) is 3.68. The molecule has 0 spiro atoms. The third kappa shape index (κ3) is 2.60. The minimum absolute atomic E-state index is 0.0277. The monoisotopic (exact) mass is 318 g/mol. The summed E-state index contributed by atoms with van der Waals surface area (Å²) in [6.07, 6.45) is 0. The molecule has 0 aliphatic carbocycles. The minimum atomic E-state index is -0.579. The predicted molar refractivity (Wildman–Crippen MR) is 81.2 cm³/mol. The van der Waals surface area contributed by atoms with E-state index in [0.717, 1.165) is 5.56 Å². The topological polar surface area (TPSA) is 72.7 Å². The number of nitro benzene ring substituents is 1. The van der Waals surface area contributed by atoms with Crippen LogP contribution in [0.2, 0.25) is 5.02 Å². The van der Waals surface area contributed by atoms with E-state index in [1.54, 1.807) is 0 Å². The number of halogens is 1. The number of hydrogen-bond acceptors (Lipinski definition) is 4. The van der Waals surface area contributed by atoms with Crippen LogP contribution < -0.4 is 9.64 Å². The highest BCUT2D eigenvalue weighted by molar-refractivity contribution is 6.33. The van der Waals surface area contributed by atoms with E-state index < -0.39 is 4.92 Å². The van der Waals surface area contributed by atoms with Gasteiger partial charge in [0.05, 0.1) is 23.2 Å². The van der Waals surface area contributed by atoms with E-state index in [-0.39, 0.29) is 29.0 Å². The van der Waals surface area contributed by atoms with Crippen LogP contribution in [0.3, 0.4) is 0 Å². The van der Waals surface area contributed by atoms with Crippen LogP contribution in [-0.4, -0.2) is 17.4 Å². The van der Waals surface area contributed by atoms with Gasteiger partial charge in [0.15, 0.2) is 12.4 Å². The molecule has 1 aliphatic rings. The fourth-order valence-electron chi connectivity index (χ4n) is 2.29. The molecule has 0 N–H and O–H groups in total. The van der Waals surface area contributed by atoms with Gasteiger partial charge in [0.2, 0.25) is 0 Å². The molecule has 0 saturated heterocycles. The molecule has 0 aromatic heterocycles. The fourth-order valence-corrected chi connectivity index (χ4v) is 2.52. The van der Waals surface area contributed by atoms with Gasteiger partial charge in [-0.05, 0) is 11.6 Å². The van der Waals surface area contributed by atoms with Crippen LogP contribution in [0.15, 0.2) is 42.5 Å². The molecule has 0 radical (unpaired) electrons. The van der Waals surface area contributed by atoms with Crippen LogP contribution in [-0.2, 0) is 11.3 Å². The lowest BCUT2D eigenvalue weighted by Gasteiger charge is -2.29. The standard InChI is InChI=1S/C15H11ClN2O4/c16-11-6-13-14(7-12(11)18(20)21)22-9-15(19)17(13)8-10-4-2-1-3-5-10/h1-7H,8-9H2. The van der Waals surface area contributed by atoms with Gasteiger partial charge in [-0.15, -0.1) is 0 Å². The second kappa shape index (κ2) is 5.65. The fraction of sp³-hybridized carbons (Fsp3) is 0.133. The van der Waals surface area contributed by atoms with Gasteiger partial charge in [-0.3, -0.25) is 14.9 Å². The van der Waals surface area contributed by atoms with Gasteiger partial charge in [-0.25, -0.2) is 0 Å². The number of benzene rings is 2. The summed E-state index contributed by atoms with van der Waals surface area (Å²) in [6, 6.07) is 12.1. The first kappa shape index (κ1) is 14.3. The molecular weight excluding hydrogens is 308 g/mol. The summed E-state index contributed by atoms with van der Waals surface area (Å²) < 4.78 is 5.30. The lowest BCUT2D eigenvalue weighted by molar-refractivity contribution is -0.384. The van der Waals surface area contributed by atoms with Gasteiger partial charge in [-0.2, -0.15) is 0 Å². The lowest BCUT2D eigenvalue weighted by atomic mass is 10.1. The van der Waals surface area contributed by atoms with Crippen molar-refractivity contribution in [2.24, 2.45) is 0 Å². The Morgan fingerprint density at radius 2 is 2.00 bits per heavy atom. The summed E-state index contributed by atoms with van der Waals surface area (Å²) in [5.41, 5.74) is 1.14. The molecule has 1 heterocycles. The molecular formula is C15H11ClN2O4. The zero-order valence-electron chi connectivity index (χ0n) is 11.4. The first-order valence-electron chi connectivity index (χ1n) is 6.51. The number of anilines is 1. The van der Waals surface area contributed by atoms with Crippen LogP contribution in [0.1, 0.15) is 5.56 Å². The number of fused-ring (bicyclic) bond motifs is 1. The number of ether oxygens (including phenoxy) is 1. The van der Waals surface area contributed by atoms with Crippen LogP contribution in [0.4, 0.5) is 11.4 Å². The summed E-state index contributed by atoms with van der Waals surface area (Å²) in [7, 11) is 0. The third-order valence-electron chi connectivity index (χ3n) is 3.35. The lowest BCUT2D eigenvalue weighted by Crippen LogP contribution is -2.38. The SMILES string of the molecule is O=C1COc2cc([N+](=O)[O-])c(Cl)cc2N1Cc1ccccc1. The van der Waals surface area contributed by atoms with Gasteiger partial charge in [0, 0.05) is 0 Å². The number of amides is 1. The zero-order valence-corrected chi connectivity index (χ0v) is 12.1. The van der Waals surface area contributed by atoms with Crippen molar-refractivity contribution < 1.29 is 14.5 Å². The molecule has 112 valence electrons. The Hall–Kier alpha value is -2.60. The van der Waals surface area contributed by atoms with E-state index in [9.17, 15) is 14.9 Å². The highest BCUT2D eigenvalue weighted by Gasteiger charge is 2.29. The molecule has 2 aromatic carbocycles. The average Bonchev–Trinajstić information content (AvgIpc) is 2.51. The molecule has 2 aromatic rings. The molecule has 22 heavy (non-hydrogen) atoms. The highest BCUT2D eigenvalue weighted by Crippen LogP contribution is 2.40. The Morgan fingerprint density at radius 1 is 1.27 bits per heavy atom. The summed E-state index contributed by atoms with van der Waals surface area (Å²) in [6.45, 7) is 0.197. The molecule has 0 fully saturated rings. The summed E-state index contributed by atoms with van der Waals surface area (Å²) >= 11 is 5.94. The molecule has 0 saturated carbocycles. The Morgan fingerprint density at radius 3 is 2.68 bits per heavy atom. The van der Waals surface area contributed by atoms with E-state index in [1.165, 1.54) is 17.0 Å². The molecule has 7 heteroatoms. The summed E-state index contributed by atoms with van der Waals surface area (Å²) in [4.78, 5) is 24.0. The number of carbonyl (C=O) groups excluding carboxylic acids is 1. The van der Waals surface area contributed by atoms with Gasteiger partial charge < -0.3 is 9.64 Å². The van der Waals surface area contributed by atoms with Gasteiger partial charge >= 0.3 is 0 Å². The molecule has 1 aliphatic heterocycles. The van der Waals surface area contributed by atoms with Crippen LogP contribution >= 0.6 is 11.6 Å². The Balaban J connectivity index is 2.01. The predicted octanol–water partition coefficient (Wildman–Crippen LogP) is 3.17. The maximum atomic E-state index is 12.1. The largest absolute Gasteiger partial charge is 0.481 e. The summed E-state index contributed by atoms with van der Waals surface area (Å²) in [5.74, 6) is 0.0629. The molecule has 0 atom stereocenters. The molecule has 0 bridgehead atoms. The minimum Gasteiger partial charge on any atom is -0.481 e. The van der Waals surface area contributed by atoms with Crippen LogP contribution in [0.5, 0.6) is 5.75 Å². The second-order valence-corrected chi connectivity index (χ2v) is 5.19. The van der Waals surface area contributed by atoms with E-state index in [4.69, 9.17) is 16.3 Å². The van der Waals surface area contributed by atoms with Gasteiger partial charge in [-0.1, -0.05) is 41.9 Å². The first-order chi connectivity index (χ1) is 10.6. The number of nitrogens with zero attached hydrogens (tertiary/aromatic N) is 2. The molecule has 1 amide bonds. The summed E-state index contributed by atoms with van der Waals surface area (Å²) in [5, 5.41) is 10.9. The number of nitro groups is 1. The van der Waals surface area contributed by atoms with Crippen molar-refractivity contribution >= 4 is 28.9 Å². The quantitative estimate of drug-likeness (QED) is 0.643. The van der Waals surface area contributed by atoms with Crippen molar-refractivity contribution in [1.29, 1.82) is 0 Å². The van der Waals surface area contributed by atoms with Crippen molar-refractivity contribution in [3.63, 3.8) is 0 Å². The van der Waals surface area contributed by atoms with Crippen molar-refractivity contribution in [3.05, 3.63) is 63.2 Å². The third-order valence-corrected chi connectivity index (χ3v) is 3.65. The molecule has 0 unspecified atom stereocenters. The smallest absolute Gasteiger partial charge is 0.291 e. The normalized spacial score (nSPS) is 13.5. The number of rotatable bonds is 3. The first-order valence-corrected chi connectivity index (χ1v) is 6.89. The van der Waals surface area contributed by atoms with E-state index in [0.29, 0.717) is 12.2 Å². The Labute approximate surface area is 131 Å². The van der Waals surface area contributed by atoms with Gasteiger partial charge in [0.1, 0.15) is 5.02 Å². The number of hydrogen-bond donors (Lipinski definition) is 0. The van der Waals surface area contributed by atoms with Crippen LogP contribution in [0, 0.1) is 10.1 Å². The molecule has 3 rings (SSSR count). The van der Waals surface area contributed by atoms with Crippen molar-refractivity contribution in [3.8, 4) is 5.75 Å². The Bertz CT molecular complexity index is 749. The van der Waals surface area contributed by atoms with Crippen molar-refractivity contribution in [1.82, 2.24) is 0 Å².